The molecule has 29 heavy (non-hydrogen) atoms. The SMILES string of the molecule is COc1ccc(C(=O)NCCN2CCN(C(=O)c3cc(F)ccc3F)CC2)cc1. The van der Waals surface area contributed by atoms with Crippen LogP contribution in [0, 0.1) is 11.6 Å². The first-order valence-corrected chi connectivity index (χ1v) is 9.37. The number of nitrogens with zero attached hydrogens (tertiary/aromatic N) is 2. The number of methoxy groups -OCH3 is 1. The summed E-state index contributed by atoms with van der Waals surface area (Å²) in [6.07, 6.45) is 0. The smallest absolute Gasteiger partial charge is 0.257 e. The second-order valence-corrected chi connectivity index (χ2v) is 6.74. The zero-order valence-electron chi connectivity index (χ0n) is 16.2. The fourth-order valence-electron chi connectivity index (χ4n) is 3.18. The maximum atomic E-state index is 13.8. The van der Waals surface area contributed by atoms with Crippen molar-refractivity contribution in [1.29, 1.82) is 0 Å². The van der Waals surface area contributed by atoms with Crippen molar-refractivity contribution in [1.82, 2.24) is 15.1 Å². The molecule has 1 aliphatic heterocycles. The first-order chi connectivity index (χ1) is 14.0. The number of hydrogen-bond acceptors (Lipinski definition) is 4. The molecule has 154 valence electrons. The van der Waals surface area contributed by atoms with Crippen molar-refractivity contribution in [3.63, 3.8) is 0 Å². The molecule has 1 N–H and O–H groups in total. The fraction of sp³-hybridized carbons (Fsp3) is 0.333. The van der Waals surface area contributed by atoms with Gasteiger partial charge in [0.25, 0.3) is 11.8 Å². The minimum absolute atomic E-state index is 0.164. The standard InChI is InChI=1S/C21H23F2N3O3/c1-29-17-5-2-15(3-6-17)20(27)24-8-9-25-10-12-26(13-11-25)21(28)18-14-16(22)4-7-19(18)23/h2-7,14H,8-13H2,1H3,(H,24,27). The molecule has 1 aliphatic rings. The lowest BCUT2D eigenvalue weighted by atomic mass is 10.1. The molecule has 0 radical (unpaired) electrons. The normalized spacial score (nSPS) is 14.5. The molecule has 8 heteroatoms. The van der Waals surface area contributed by atoms with Crippen LogP contribution in [0.4, 0.5) is 8.78 Å². The molecule has 1 saturated heterocycles. The van der Waals surface area contributed by atoms with Crippen LogP contribution >= 0.6 is 0 Å². The van der Waals surface area contributed by atoms with Crippen molar-refractivity contribution >= 4 is 11.8 Å². The number of benzene rings is 2. The highest BCUT2D eigenvalue weighted by atomic mass is 19.1. The number of amides is 2. The van der Waals surface area contributed by atoms with Gasteiger partial charge in [-0.25, -0.2) is 8.78 Å². The van der Waals surface area contributed by atoms with E-state index in [1.807, 2.05) is 0 Å². The Hall–Kier alpha value is -3.00. The van der Waals surface area contributed by atoms with Crippen molar-refractivity contribution in [2.45, 2.75) is 0 Å². The van der Waals surface area contributed by atoms with Crippen LogP contribution in [-0.2, 0) is 0 Å². The van der Waals surface area contributed by atoms with Gasteiger partial charge in [0, 0.05) is 44.8 Å². The van der Waals surface area contributed by atoms with E-state index >= 15 is 0 Å². The van der Waals surface area contributed by atoms with E-state index in [2.05, 4.69) is 10.2 Å². The van der Waals surface area contributed by atoms with E-state index in [4.69, 9.17) is 4.74 Å². The van der Waals surface area contributed by atoms with E-state index in [1.165, 1.54) is 4.90 Å². The Kier molecular flexibility index (Phi) is 6.77. The van der Waals surface area contributed by atoms with Gasteiger partial charge in [0.15, 0.2) is 0 Å². The van der Waals surface area contributed by atoms with Crippen LogP contribution in [0.1, 0.15) is 20.7 Å². The summed E-state index contributed by atoms with van der Waals surface area (Å²) in [5.74, 6) is -1.34. The number of rotatable bonds is 6. The molecule has 0 saturated carbocycles. The van der Waals surface area contributed by atoms with Crippen LogP contribution in [0.25, 0.3) is 0 Å². The number of halogens is 2. The molecule has 0 bridgehead atoms. The fourth-order valence-corrected chi connectivity index (χ4v) is 3.18. The van der Waals surface area contributed by atoms with Crippen molar-refractivity contribution < 1.29 is 23.1 Å². The Morgan fingerprint density at radius 1 is 1.03 bits per heavy atom. The maximum absolute atomic E-state index is 13.8. The van der Waals surface area contributed by atoms with Gasteiger partial charge < -0.3 is 15.0 Å². The van der Waals surface area contributed by atoms with E-state index < -0.39 is 17.5 Å². The Labute approximate surface area is 168 Å². The molecule has 3 rings (SSSR count). The third-order valence-electron chi connectivity index (χ3n) is 4.88. The summed E-state index contributed by atoms with van der Waals surface area (Å²) in [6.45, 7) is 3.14. The van der Waals surface area contributed by atoms with Crippen molar-refractivity contribution in [3.05, 3.63) is 65.2 Å². The molecular formula is C21H23F2N3O3. The minimum Gasteiger partial charge on any atom is -0.497 e. The highest BCUT2D eigenvalue weighted by molar-refractivity contribution is 5.95. The quantitative estimate of drug-likeness (QED) is 0.803. The van der Waals surface area contributed by atoms with E-state index in [0.29, 0.717) is 50.6 Å². The van der Waals surface area contributed by atoms with Gasteiger partial charge in [-0.15, -0.1) is 0 Å². The number of piperazine rings is 1. The van der Waals surface area contributed by atoms with Gasteiger partial charge in [-0.3, -0.25) is 14.5 Å². The highest BCUT2D eigenvalue weighted by Gasteiger charge is 2.24. The summed E-state index contributed by atoms with van der Waals surface area (Å²) in [5, 5.41) is 2.86. The van der Waals surface area contributed by atoms with Crippen LogP contribution in [0.5, 0.6) is 5.75 Å². The number of ether oxygens (including phenoxy) is 1. The van der Waals surface area contributed by atoms with Gasteiger partial charge in [-0.1, -0.05) is 0 Å². The largest absolute Gasteiger partial charge is 0.497 e. The van der Waals surface area contributed by atoms with Crippen molar-refractivity contribution in [2.24, 2.45) is 0 Å². The van der Waals surface area contributed by atoms with Gasteiger partial charge >= 0.3 is 0 Å². The molecular weight excluding hydrogens is 380 g/mol. The molecule has 2 aromatic rings. The third-order valence-corrected chi connectivity index (χ3v) is 4.88. The van der Waals surface area contributed by atoms with Gasteiger partial charge in [0.05, 0.1) is 12.7 Å². The lowest BCUT2D eigenvalue weighted by molar-refractivity contribution is 0.0633. The molecule has 1 heterocycles. The molecule has 0 atom stereocenters. The maximum Gasteiger partial charge on any atom is 0.257 e. The minimum atomic E-state index is -0.722. The van der Waals surface area contributed by atoms with E-state index in [1.54, 1.807) is 31.4 Å². The van der Waals surface area contributed by atoms with Crippen LogP contribution in [0.2, 0.25) is 0 Å². The van der Waals surface area contributed by atoms with Gasteiger partial charge in [-0.05, 0) is 42.5 Å². The highest BCUT2D eigenvalue weighted by Crippen LogP contribution is 2.14. The van der Waals surface area contributed by atoms with Crippen molar-refractivity contribution in [2.75, 3.05) is 46.4 Å². The zero-order chi connectivity index (χ0) is 20.8. The van der Waals surface area contributed by atoms with E-state index in [9.17, 15) is 18.4 Å². The Bertz CT molecular complexity index is 866. The number of carbonyl (C=O) groups is 2. The summed E-state index contributed by atoms with van der Waals surface area (Å²) in [4.78, 5) is 28.2. The molecule has 2 aromatic carbocycles. The van der Waals surface area contributed by atoms with Crippen LogP contribution in [0.3, 0.4) is 0 Å². The van der Waals surface area contributed by atoms with Crippen molar-refractivity contribution in [3.8, 4) is 5.75 Å². The Morgan fingerprint density at radius 2 is 1.72 bits per heavy atom. The predicted octanol–water partition coefficient (Wildman–Crippen LogP) is 2.16. The average molecular weight is 403 g/mol. The van der Waals surface area contributed by atoms with Gasteiger partial charge in [0.1, 0.15) is 17.4 Å². The van der Waals surface area contributed by atoms with Gasteiger partial charge in [-0.2, -0.15) is 0 Å². The molecule has 0 unspecified atom stereocenters. The van der Waals surface area contributed by atoms with Gasteiger partial charge in [0.2, 0.25) is 0 Å². The summed E-state index contributed by atoms with van der Waals surface area (Å²) >= 11 is 0. The third kappa shape index (κ3) is 5.29. The first-order valence-electron chi connectivity index (χ1n) is 9.37. The molecule has 1 fully saturated rings. The summed E-state index contributed by atoms with van der Waals surface area (Å²) < 4.78 is 32.2. The second kappa shape index (κ2) is 9.47. The summed E-state index contributed by atoms with van der Waals surface area (Å²) in [6, 6.07) is 9.74. The van der Waals surface area contributed by atoms with E-state index in [-0.39, 0.29) is 11.5 Å². The van der Waals surface area contributed by atoms with E-state index in [0.717, 1.165) is 18.2 Å². The number of nitrogens with one attached hydrogen (secondary N) is 1. The first kappa shape index (κ1) is 20.7. The number of hydrogen-bond donors (Lipinski definition) is 1. The summed E-state index contributed by atoms with van der Waals surface area (Å²) in [5.41, 5.74) is 0.309. The molecule has 0 aliphatic carbocycles. The molecule has 6 nitrogen and oxygen atoms in total. The zero-order valence-corrected chi connectivity index (χ0v) is 16.2. The average Bonchev–Trinajstić information content (AvgIpc) is 2.75. The second-order valence-electron chi connectivity index (χ2n) is 6.74. The molecule has 0 aromatic heterocycles. The Balaban J connectivity index is 1.43. The van der Waals surface area contributed by atoms with Crippen LogP contribution in [-0.4, -0.2) is 68.0 Å². The molecule has 0 spiro atoms. The molecule has 2 amide bonds. The monoisotopic (exact) mass is 403 g/mol. The van der Waals surface area contributed by atoms with Crippen LogP contribution in [0.15, 0.2) is 42.5 Å². The topological polar surface area (TPSA) is 61.9 Å². The lowest BCUT2D eigenvalue weighted by Crippen LogP contribution is -2.50. The Morgan fingerprint density at radius 3 is 2.38 bits per heavy atom. The van der Waals surface area contributed by atoms with Crippen LogP contribution < -0.4 is 10.1 Å². The predicted molar refractivity (Wildman–Crippen MR) is 104 cm³/mol. The summed E-state index contributed by atoms with van der Waals surface area (Å²) in [7, 11) is 1.57. The number of carbonyl (C=O) groups excluding carboxylic acids is 2. The lowest BCUT2D eigenvalue weighted by Gasteiger charge is -2.34.